The van der Waals surface area contributed by atoms with Crippen LogP contribution in [0.4, 0.5) is 13.2 Å². The molecule has 0 radical (unpaired) electrons. The van der Waals surface area contributed by atoms with Gasteiger partial charge in [-0.15, -0.1) is 21.5 Å². The number of pyridine rings is 1. The maximum Gasteiger partial charge on any atom is 0.404 e. The van der Waals surface area contributed by atoms with Gasteiger partial charge in [-0.3, -0.25) is 4.79 Å². The van der Waals surface area contributed by atoms with E-state index in [1.807, 2.05) is 0 Å². The summed E-state index contributed by atoms with van der Waals surface area (Å²) in [4.78, 5) is 21.3. The third-order valence-electron chi connectivity index (χ3n) is 7.81. The number of sulfonamides is 1. The number of aromatic nitrogens is 4. The smallest absolute Gasteiger partial charge is 0.404 e. The van der Waals surface area contributed by atoms with Crippen molar-refractivity contribution in [2.45, 2.75) is 83.0 Å². The van der Waals surface area contributed by atoms with E-state index < -0.39 is 38.7 Å². The molecule has 15 heteroatoms. The van der Waals surface area contributed by atoms with Gasteiger partial charge in [-0.1, -0.05) is 56.4 Å². The van der Waals surface area contributed by atoms with Crippen LogP contribution in [0.1, 0.15) is 64.5 Å². The van der Waals surface area contributed by atoms with Crippen molar-refractivity contribution in [3.8, 4) is 21.3 Å². The highest BCUT2D eigenvalue weighted by atomic mass is 32.2. The molecule has 1 saturated carbocycles. The highest BCUT2D eigenvalue weighted by Crippen LogP contribution is 2.41. The van der Waals surface area contributed by atoms with Gasteiger partial charge in [-0.05, 0) is 38.5 Å². The van der Waals surface area contributed by atoms with Crippen LogP contribution in [0.5, 0.6) is 0 Å². The zero-order chi connectivity index (χ0) is 31.9. The van der Waals surface area contributed by atoms with Gasteiger partial charge in [-0.2, -0.15) is 17.9 Å². The number of rotatable bonds is 10. The molecule has 0 saturated heterocycles. The van der Waals surface area contributed by atoms with Gasteiger partial charge in [0, 0.05) is 23.6 Å². The molecular weight excluding hydrogens is 619 g/mol. The molecule has 0 unspecified atom stereocenters. The lowest BCUT2D eigenvalue weighted by Gasteiger charge is -2.21. The van der Waals surface area contributed by atoms with Crippen molar-refractivity contribution in [2.24, 2.45) is 11.3 Å². The van der Waals surface area contributed by atoms with Crippen LogP contribution in [0.15, 0.2) is 39.9 Å². The van der Waals surface area contributed by atoms with Gasteiger partial charge in [0.15, 0.2) is 10.0 Å². The van der Waals surface area contributed by atoms with Crippen LogP contribution in [0.3, 0.4) is 0 Å². The first kappa shape index (κ1) is 32.0. The van der Waals surface area contributed by atoms with Gasteiger partial charge in [0.1, 0.15) is 6.04 Å². The standard InChI is InChI=1S/C29H32F3N5O5S2/c1-16(29(30,31)32)37-44(40,41)26-19-12-8-7-11-18(19)20(15-33-26)23-21(13-17-9-5-4-6-10-17)34-25(43-23)24-36-35-22(42-24)14-28(2,3)27(38)39/h7-8,11-12,15-17,37H,4-6,9-10,13-14H2,1-3H3,(H,38,39)/t16-/m0/s1. The number of halogens is 3. The summed E-state index contributed by atoms with van der Waals surface area (Å²) >= 11 is 1.26. The van der Waals surface area contributed by atoms with Crippen LogP contribution in [-0.2, 0) is 27.7 Å². The predicted octanol–water partition coefficient (Wildman–Crippen LogP) is 6.41. The number of carbonyl (C=O) groups is 1. The monoisotopic (exact) mass is 651 g/mol. The van der Waals surface area contributed by atoms with E-state index in [0.717, 1.165) is 38.3 Å². The Labute approximate surface area is 256 Å². The Bertz CT molecular complexity index is 1780. The lowest BCUT2D eigenvalue weighted by atomic mass is 9.85. The van der Waals surface area contributed by atoms with E-state index in [1.165, 1.54) is 30.0 Å². The van der Waals surface area contributed by atoms with Gasteiger partial charge in [-0.25, -0.2) is 18.4 Å². The second kappa shape index (κ2) is 12.2. The van der Waals surface area contributed by atoms with Crippen molar-refractivity contribution < 1.29 is 35.9 Å². The summed E-state index contributed by atoms with van der Waals surface area (Å²) in [7, 11) is -4.63. The Morgan fingerprint density at radius 1 is 1.14 bits per heavy atom. The summed E-state index contributed by atoms with van der Waals surface area (Å²) < 4.78 is 73.2. The highest BCUT2D eigenvalue weighted by Gasteiger charge is 2.39. The first-order chi connectivity index (χ1) is 20.7. The molecule has 0 aliphatic heterocycles. The minimum atomic E-state index is -4.77. The molecule has 236 valence electrons. The molecule has 10 nitrogen and oxygen atoms in total. The largest absolute Gasteiger partial charge is 0.481 e. The van der Waals surface area contributed by atoms with Gasteiger partial charge >= 0.3 is 12.1 Å². The molecule has 5 rings (SSSR count). The first-order valence-electron chi connectivity index (χ1n) is 14.2. The van der Waals surface area contributed by atoms with Gasteiger partial charge < -0.3 is 9.52 Å². The zero-order valence-corrected chi connectivity index (χ0v) is 25.9. The van der Waals surface area contributed by atoms with Crippen molar-refractivity contribution in [3.63, 3.8) is 0 Å². The lowest BCUT2D eigenvalue weighted by Crippen LogP contribution is -2.43. The number of alkyl halides is 3. The number of thiazole rings is 1. The molecule has 1 aliphatic rings. The summed E-state index contributed by atoms with van der Waals surface area (Å²) in [6.45, 7) is 3.85. The fourth-order valence-electron chi connectivity index (χ4n) is 5.24. The molecule has 0 bridgehead atoms. The van der Waals surface area contributed by atoms with E-state index in [0.29, 0.717) is 33.2 Å². The van der Waals surface area contributed by atoms with E-state index in [2.05, 4.69) is 15.2 Å². The van der Waals surface area contributed by atoms with Crippen LogP contribution in [0.25, 0.3) is 32.1 Å². The molecule has 2 N–H and O–H groups in total. The van der Waals surface area contributed by atoms with Crippen molar-refractivity contribution in [2.75, 3.05) is 0 Å². The average molecular weight is 652 g/mol. The topological polar surface area (TPSA) is 148 Å². The van der Waals surface area contributed by atoms with Crippen LogP contribution in [0, 0.1) is 11.3 Å². The number of benzene rings is 1. The molecule has 1 aliphatic carbocycles. The number of nitrogens with zero attached hydrogens (tertiary/aromatic N) is 4. The van der Waals surface area contributed by atoms with Crippen molar-refractivity contribution in [1.29, 1.82) is 0 Å². The number of fused-ring (bicyclic) bond motifs is 1. The number of aliphatic carboxylic acids is 1. The van der Waals surface area contributed by atoms with Crippen LogP contribution in [-0.4, -0.2) is 51.9 Å². The fraction of sp³-hybridized carbons (Fsp3) is 0.483. The molecule has 1 atom stereocenters. The highest BCUT2D eigenvalue weighted by molar-refractivity contribution is 7.89. The van der Waals surface area contributed by atoms with Gasteiger partial charge in [0.25, 0.3) is 15.9 Å². The summed E-state index contributed by atoms with van der Waals surface area (Å²) in [6, 6.07) is 4.21. The SMILES string of the molecule is C[C@H](NS(=O)(=O)c1ncc(-c2sc(-c3nnc(CC(C)(C)C(=O)O)o3)nc2CC2CCCCC2)c2ccccc12)C(F)(F)F. The minimum absolute atomic E-state index is 0.0218. The minimum Gasteiger partial charge on any atom is -0.481 e. The van der Waals surface area contributed by atoms with Crippen LogP contribution < -0.4 is 4.72 Å². The van der Waals surface area contributed by atoms with Crippen molar-refractivity contribution in [1.82, 2.24) is 24.9 Å². The summed E-state index contributed by atoms with van der Waals surface area (Å²) in [5, 5.41) is 18.2. The maximum absolute atomic E-state index is 13.2. The second-order valence-electron chi connectivity index (χ2n) is 11.8. The molecule has 3 heterocycles. The molecule has 0 spiro atoms. The molecule has 4 aromatic rings. The molecule has 1 aromatic carbocycles. The van der Waals surface area contributed by atoms with E-state index in [4.69, 9.17) is 9.40 Å². The predicted molar refractivity (Wildman–Crippen MR) is 157 cm³/mol. The average Bonchev–Trinajstić information content (AvgIpc) is 3.59. The molecule has 44 heavy (non-hydrogen) atoms. The molecular formula is C29H32F3N5O5S2. The quantitative estimate of drug-likeness (QED) is 0.198. The van der Waals surface area contributed by atoms with E-state index in [9.17, 15) is 31.5 Å². The van der Waals surface area contributed by atoms with E-state index in [1.54, 1.807) is 36.8 Å². The van der Waals surface area contributed by atoms with Crippen LogP contribution in [0.2, 0.25) is 0 Å². The number of carboxylic acid groups (broad SMARTS) is 1. The first-order valence-corrected chi connectivity index (χ1v) is 16.5. The summed E-state index contributed by atoms with van der Waals surface area (Å²) in [6.07, 6.45) is 2.74. The lowest BCUT2D eigenvalue weighted by molar-refractivity contribution is -0.147. The summed E-state index contributed by atoms with van der Waals surface area (Å²) in [5.41, 5.74) is 0.197. The Kier molecular flexibility index (Phi) is 8.84. The number of nitrogens with one attached hydrogen (secondary N) is 1. The van der Waals surface area contributed by atoms with E-state index in [-0.39, 0.29) is 23.6 Å². The third-order valence-corrected chi connectivity index (χ3v) is 10.4. The van der Waals surface area contributed by atoms with E-state index >= 15 is 0 Å². The maximum atomic E-state index is 13.2. The Morgan fingerprint density at radius 2 is 1.82 bits per heavy atom. The third kappa shape index (κ3) is 6.79. The van der Waals surface area contributed by atoms with Gasteiger partial charge in [0.05, 0.1) is 16.0 Å². The summed E-state index contributed by atoms with van der Waals surface area (Å²) in [5.74, 6) is -0.333. The Hall–Kier alpha value is -3.43. The Morgan fingerprint density at radius 3 is 2.48 bits per heavy atom. The molecule has 1 fully saturated rings. The molecule has 3 aromatic heterocycles. The normalized spacial score (nSPS) is 16.0. The second-order valence-corrected chi connectivity index (χ2v) is 14.4. The van der Waals surface area contributed by atoms with Crippen LogP contribution >= 0.6 is 11.3 Å². The number of hydrogen-bond acceptors (Lipinski definition) is 9. The Balaban J connectivity index is 1.59. The number of hydrogen-bond donors (Lipinski definition) is 2. The zero-order valence-electron chi connectivity index (χ0n) is 24.3. The fourth-order valence-corrected chi connectivity index (χ4v) is 7.65. The van der Waals surface area contributed by atoms with Crippen molar-refractivity contribution >= 4 is 38.1 Å². The van der Waals surface area contributed by atoms with Crippen molar-refractivity contribution in [3.05, 3.63) is 42.0 Å². The number of carboxylic acids is 1. The van der Waals surface area contributed by atoms with Gasteiger partial charge in [0.2, 0.25) is 5.89 Å². The molecule has 0 amide bonds.